The molecule has 0 spiro atoms. The molecule has 12 aromatic rings. The summed E-state index contributed by atoms with van der Waals surface area (Å²) in [6.45, 7) is 27.6. The van der Waals surface area contributed by atoms with Gasteiger partial charge in [-0.15, -0.1) is 0 Å². The molecule has 0 bridgehead atoms. The van der Waals surface area contributed by atoms with Crippen LogP contribution in [0.25, 0.3) is 0 Å². The number of ether oxygens (including phenoxy) is 2. The molecule has 0 atom stereocenters. The Morgan fingerprint density at radius 2 is 0.713 bits per heavy atom. The maximum absolute atomic E-state index is 12.9. The molecule has 12 rings (SSSR count). The van der Waals surface area contributed by atoms with Crippen molar-refractivity contribution >= 4 is 144 Å². The van der Waals surface area contributed by atoms with E-state index in [1.165, 1.54) is 148 Å². The minimum atomic E-state index is -4.00. The zero-order chi connectivity index (χ0) is 102. The second-order valence-electron chi connectivity index (χ2n) is 34.2. The van der Waals surface area contributed by atoms with Crippen molar-refractivity contribution < 1.29 is 93.4 Å². The first-order valence-corrected chi connectivity index (χ1v) is 48.5. The number of anilines is 3. The van der Waals surface area contributed by atoms with E-state index in [1.807, 2.05) is 146 Å². The fourth-order valence-electron chi connectivity index (χ4n) is 11.8. The Kier molecular flexibility index (Phi) is 43.5. The van der Waals surface area contributed by atoms with Crippen LogP contribution in [0.4, 0.5) is 17.1 Å². The Morgan fingerprint density at radius 3 is 1.05 bits per heavy atom. The number of benzene rings is 9. The maximum Gasteiger partial charge on any atom is 0.313 e. The van der Waals surface area contributed by atoms with Crippen LogP contribution in [0.3, 0.4) is 0 Å². The van der Waals surface area contributed by atoms with Gasteiger partial charge >= 0.3 is 17.9 Å². The van der Waals surface area contributed by atoms with Crippen LogP contribution in [0.2, 0.25) is 15.1 Å². The standard InChI is InChI=1S/C22H21ClN2O5S.C22H21ClN2O4S.C12H9ClN2O.C12H15ClO4S.C12H16O2.C10H12O2.C10H14O.C2H3ClO/c1-22(2,14-26)16-3-6-18(7-4-16)31(29,30)24-20-8-5-17(23)13-19(20)21(27)15-9-11-25(28)12-10-15;1-22(2,14-26)16-3-6-18(7-4-16)30(28,29)25-20-8-5-17(23)13-19(20)21(27)15-9-11-24-12-10-15;13-9-3-4-11(14)10(6-9)12(16)8-2-1-5-15-7-8;1-9(14)17-8-12(2,3)10-4-6-11(7-5-10)18(13,15)16;1-10(13)14-9-12(2,3)11-7-5-4-6-8-11;1-10(2,9(11)12)8-6-4-3-5-7-8;1-10(2,8-11)9-6-4-3-5-7-9;1-2(3)4/h3-13,24,26H,14H2,1-2H3;3-13,25-26H,14H2,1-2H3;1-7H,14H2;4-7H,8H2,1-3H3;4-8H,9H2,1-3H3;3-7H,1-2H3,(H,11,12);3-7,11H,8H2,1-2H3;1H3. The van der Waals surface area contributed by atoms with Crippen LogP contribution in [0, 0.1) is 5.21 Å². The minimum Gasteiger partial charge on any atom is -0.619 e. The Hall–Kier alpha value is -12.1. The third-order valence-corrected chi connectivity index (χ3v) is 25.4. The fraction of sp³-hybridized carbons (Fsp3) is 0.255. The highest BCUT2D eigenvalue weighted by atomic mass is 35.7. The summed E-state index contributed by atoms with van der Waals surface area (Å²) in [5.41, 5.74) is 11.3. The van der Waals surface area contributed by atoms with Gasteiger partial charge in [0, 0.05) is 150 Å². The molecule has 0 aliphatic rings. The van der Waals surface area contributed by atoms with Gasteiger partial charge in [-0.25, -0.2) is 25.3 Å². The quantitative estimate of drug-likeness (QED) is 0.00628. The molecule has 0 aliphatic carbocycles. The third kappa shape index (κ3) is 36.2. The van der Waals surface area contributed by atoms with Crippen molar-refractivity contribution in [1.82, 2.24) is 9.97 Å². The number of carbonyl (C=O) groups is 7. The number of rotatable bonds is 27. The highest BCUT2D eigenvalue weighted by molar-refractivity contribution is 8.13. The number of carboxylic acid groups (broad SMARTS) is 1. The number of esters is 2. The molecular formula is C102H111Cl5N6O20S3. The van der Waals surface area contributed by atoms with Gasteiger partial charge < -0.3 is 40.8 Å². The number of hydrogen-bond acceptors (Lipinski definition) is 22. The third-order valence-electron chi connectivity index (χ3n) is 20.5. The van der Waals surface area contributed by atoms with E-state index in [0.717, 1.165) is 22.3 Å². The highest BCUT2D eigenvalue weighted by Crippen LogP contribution is 2.34. The minimum absolute atomic E-state index is 0.00504. The van der Waals surface area contributed by atoms with Crippen LogP contribution in [0.5, 0.6) is 0 Å². The lowest BCUT2D eigenvalue weighted by molar-refractivity contribution is -0.605. The number of halogens is 5. The summed E-state index contributed by atoms with van der Waals surface area (Å²) >= 11 is 22.5. The van der Waals surface area contributed by atoms with E-state index in [-0.39, 0.29) is 119 Å². The van der Waals surface area contributed by atoms with Crippen molar-refractivity contribution in [3.05, 3.63) is 379 Å². The van der Waals surface area contributed by atoms with Gasteiger partial charge in [0.05, 0.1) is 51.3 Å². The first-order chi connectivity index (χ1) is 63.4. The molecule has 0 saturated carbocycles. The van der Waals surface area contributed by atoms with Crippen molar-refractivity contribution in [1.29, 1.82) is 0 Å². The van der Waals surface area contributed by atoms with Crippen LogP contribution in [0.15, 0.2) is 307 Å². The van der Waals surface area contributed by atoms with E-state index in [2.05, 4.69) is 44.9 Å². The summed E-state index contributed by atoms with van der Waals surface area (Å²) < 4.78 is 89.3. The Labute approximate surface area is 819 Å². The molecule has 0 fully saturated rings. The number of aromatic nitrogens is 3. The molecule has 0 saturated heterocycles. The zero-order valence-electron chi connectivity index (χ0n) is 77.6. The number of aliphatic hydroxyl groups excluding tert-OH is 3. The smallest absolute Gasteiger partial charge is 0.313 e. The molecule has 9 aromatic carbocycles. The molecule has 26 nitrogen and oxygen atoms in total. The Bertz CT molecular complexity index is 6350. The van der Waals surface area contributed by atoms with E-state index < -0.39 is 57.1 Å². The summed E-state index contributed by atoms with van der Waals surface area (Å²) in [4.78, 5) is 87.2. The van der Waals surface area contributed by atoms with Crippen LogP contribution < -0.4 is 19.9 Å². The largest absolute Gasteiger partial charge is 0.619 e. The van der Waals surface area contributed by atoms with Crippen molar-refractivity contribution in [2.24, 2.45) is 0 Å². The molecular weight excluding hydrogens is 1900 g/mol. The van der Waals surface area contributed by atoms with Gasteiger partial charge in [-0.2, -0.15) is 4.73 Å². The average Bonchev–Trinajstić information content (AvgIpc) is 0.793. The number of hydrogen-bond donors (Lipinski definition) is 7. The summed E-state index contributed by atoms with van der Waals surface area (Å²) in [6, 6.07) is 70.6. The summed E-state index contributed by atoms with van der Waals surface area (Å²) in [7, 11) is -6.43. The SMILES string of the molecule is CC(=O)Cl.CC(=O)OCC(C)(C)c1ccc(S(=O)(=O)Cl)cc1.CC(=O)OCC(C)(C)c1ccccc1.CC(C)(C(=O)O)c1ccccc1.CC(C)(CO)c1ccc(S(=O)(=O)Nc2ccc(Cl)cc2C(=O)c2cc[n+]([O-])cc2)cc1.CC(C)(CO)c1ccc(S(=O)(=O)Nc2ccc(Cl)cc2C(=O)c2ccncc2)cc1.CC(C)(CO)c1ccccc1.Nc1ccc(Cl)cc1C(=O)c1cccnc1. The first kappa shape index (κ1) is 114. The second kappa shape index (κ2) is 51.7. The second-order valence-corrected chi connectivity index (χ2v) is 42.0. The molecule has 722 valence electrons. The van der Waals surface area contributed by atoms with E-state index in [0.29, 0.717) is 43.8 Å². The van der Waals surface area contributed by atoms with Gasteiger partial charge in [-0.3, -0.25) is 53.0 Å². The first-order valence-electron chi connectivity index (χ1n) is 41.7. The highest BCUT2D eigenvalue weighted by Gasteiger charge is 2.31. The average molecular weight is 2010 g/mol. The Morgan fingerprint density at radius 1 is 0.397 bits per heavy atom. The number of aliphatic carboxylic acids is 1. The van der Waals surface area contributed by atoms with E-state index >= 15 is 0 Å². The number of pyridine rings is 3. The lowest BCUT2D eigenvalue weighted by atomic mass is 9.85. The summed E-state index contributed by atoms with van der Waals surface area (Å²) in [6.07, 6.45) is 8.43. The Balaban J connectivity index is 0.000000288. The fourth-order valence-corrected chi connectivity index (χ4v) is 15.2. The topological polar surface area (TPSA) is 424 Å². The van der Waals surface area contributed by atoms with E-state index in [9.17, 15) is 74.2 Å². The molecule has 0 unspecified atom stereocenters. The molecule has 0 radical (unpaired) electrons. The number of nitrogens with zero attached hydrogens (tertiary/aromatic N) is 3. The molecule has 34 heteroatoms. The molecule has 136 heavy (non-hydrogen) atoms. The number of carbonyl (C=O) groups excluding carboxylic acids is 6. The van der Waals surface area contributed by atoms with Crippen molar-refractivity contribution in [3.8, 4) is 0 Å². The summed E-state index contributed by atoms with van der Waals surface area (Å²) in [5.74, 6) is -2.41. The van der Waals surface area contributed by atoms with E-state index in [1.54, 1.807) is 98.9 Å². The number of carboxylic acids is 1. The van der Waals surface area contributed by atoms with Gasteiger partial charge in [-0.1, -0.05) is 231 Å². The van der Waals surface area contributed by atoms with E-state index in [4.69, 9.17) is 70.9 Å². The maximum atomic E-state index is 12.9. The predicted octanol–water partition coefficient (Wildman–Crippen LogP) is 19.6. The molecule has 8 N–H and O–H groups in total. The van der Waals surface area contributed by atoms with Gasteiger partial charge in [0.25, 0.3) is 29.1 Å². The zero-order valence-corrected chi connectivity index (χ0v) is 83.8. The number of aliphatic hydroxyl groups is 3. The molecule has 0 amide bonds. The number of nitrogens with two attached hydrogens (primary N) is 1. The number of ketones is 3. The van der Waals surface area contributed by atoms with Crippen LogP contribution in [-0.2, 0) is 90.2 Å². The van der Waals surface area contributed by atoms with Crippen molar-refractivity contribution in [3.63, 3.8) is 0 Å². The van der Waals surface area contributed by atoms with Crippen molar-refractivity contribution in [2.45, 2.75) is 151 Å². The van der Waals surface area contributed by atoms with Crippen LogP contribution in [-0.4, -0.2) is 129 Å². The monoisotopic (exact) mass is 2010 g/mol. The summed E-state index contributed by atoms with van der Waals surface area (Å²) in [5, 5.41) is 48.9. The predicted molar refractivity (Wildman–Crippen MR) is 533 cm³/mol. The van der Waals surface area contributed by atoms with Gasteiger partial charge in [0.1, 0.15) is 13.2 Å². The van der Waals surface area contributed by atoms with Crippen LogP contribution in [0.1, 0.15) is 185 Å². The van der Waals surface area contributed by atoms with Crippen LogP contribution >= 0.6 is 57.1 Å². The van der Waals surface area contributed by atoms with Gasteiger partial charge in [0.2, 0.25) is 5.24 Å². The lowest BCUT2D eigenvalue weighted by Crippen LogP contribution is -2.28. The van der Waals surface area contributed by atoms with Crippen molar-refractivity contribution in [2.75, 3.05) is 48.2 Å². The molecule has 0 aliphatic heterocycles. The number of nitrogens with one attached hydrogen (secondary N) is 2. The molecule has 3 heterocycles. The number of sulfonamides is 2. The number of nitrogen functional groups attached to an aromatic ring is 1. The molecule has 3 aromatic heterocycles. The lowest BCUT2D eigenvalue weighted by Gasteiger charge is -2.24. The van der Waals surface area contributed by atoms with Gasteiger partial charge in [0.15, 0.2) is 29.7 Å². The normalized spacial score (nSPS) is 11.4. The van der Waals surface area contributed by atoms with Gasteiger partial charge in [-0.05, 0) is 174 Å².